The molecule has 5 nitrogen and oxygen atoms in total. The van der Waals surface area contributed by atoms with Gasteiger partial charge in [0.15, 0.2) is 0 Å². The Morgan fingerprint density at radius 1 is 0.919 bits per heavy atom. The minimum atomic E-state index is -5.01. The van der Waals surface area contributed by atoms with Crippen molar-refractivity contribution in [3.05, 3.63) is 70.5 Å². The van der Waals surface area contributed by atoms with E-state index in [-0.39, 0.29) is 37.2 Å². The standard InChI is InChI=1S/C25H23F7N2O3/c26-18-3-1-15(2-4-18)21-13-33(23(36)37)8-7-20(21)22(35)34(19-5-6-19)12-14-9-16(24(27,28)29)11-17(10-14)25(30,31)32/h1-4,9-11,19-21H,5-8,12-13H2,(H,36,37). The van der Waals surface area contributed by atoms with E-state index in [9.17, 15) is 45.4 Å². The van der Waals surface area contributed by atoms with E-state index < -0.39 is 59.7 Å². The Labute approximate surface area is 207 Å². The van der Waals surface area contributed by atoms with E-state index in [1.54, 1.807) is 0 Å². The normalized spacial score (nSPS) is 20.6. The molecule has 1 aliphatic heterocycles. The number of carboxylic acid groups (broad SMARTS) is 1. The molecule has 0 radical (unpaired) electrons. The average molecular weight is 532 g/mol. The van der Waals surface area contributed by atoms with Crippen LogP contribution in [0.4, 0.5) is 35.5 Å². The highest BCUT2D eigenvalue weighted by molar-refractivity contribution is 5.81. The molecular formula is C25H23F7N2O3. The fourth-order valence-corrected chi connectivity index (χ4v) is 4.76. The number of carbonyl (C=O) groups is 2. The topological polar surface area (TPSA) is 60.9 Å². The summed E-state index contributed by atoms with van der Waals surface area (Å²) in [5, 5.41) is 9.44. The van der Waals surface area contributed by atoms with Crippen LogP contribution >= 0.6 is 0 Å². The highest BCUT2D eigenvalue weighted by atomic mass is 19.4. The van der Waals surface area contributed by atoms with E-state index in [1.165, 1.54) is 29.2 Å². The SMILES string of the molecule is O=C(O)N1CCC(C(=O)N(Cc2cc(C(F)(F)F)cc(C(F)(F)F)c2)C2CC2)C(c2ccc(F)cc2)C1. The first kappa shape index (κ1) is 26.7. The Morgan fingerprint density at radius 3 is 1.97 bits per heavy atom. The number of halogens is 7. The van der Waals surface area contributed by atoms with Gasteiger partial charge in [0.1, 0.15) is 5.82 Å². The van der Waals surface area contributed by atoms with E-state index in [2.05, 4.69) is 0 Å². The summed E-state index contributed by atoms with van der Waals surface area (Å²) in [6, 6.07) is 6.16. The summed E-state index contributed by atoms with van der Waals surface area (Å²) < 4.78 is 93.5. The van der Waals surface area contributed by atoms with E-state index >= 15 is 0 Å². The third-order valence-electron chi connectivity index (χ3n) is 6.77. The number of hydrogen-bond acceptors (Lipinski definition) is 2. The number of benzene rings is 2. The Morgan fingerprint density at radius 2 is 1.49 bits per heavy atom. The summed E-state index contributed by atoms with van der Waals surface area (Å²) in [5.41, 5.74) is -2.71. The summed E-state index contributed by atoms with van der Waals surface area (Å²) in [5.74, 6) is -2.45. The van der Waals surface area contributed by atoms with Gasteiger partial charge in [0.05, 0.1) is 11.1 Å². The van der Waals surface area contributed by atoms with Gasteiger partial charge in [-0.1, -0.05) is 12.1 Å². The molecule has 2 aromatic rings. The van der Waals surface area contributed by atoms with Crippen molar-refractivity contribution >= 4 is 12.0 Å². The third kappa shape index (κ3) is 6.16. The quantitative estimate of drug-likeness (QED) is 0.471. The van der Waals surface area contributed by atoms with E-state index in [4.69, 9.17) is 0 Å². The zero-order valence-corrected chi connectivity index (χ0v) is 19.3. The predicted molar refractivity (Wildman–Crippen MR) is 117 cm³/mol. The molecule has 1 aliphatic carbocycles. The molecule has 1 N–H and O–H groups in total. The summed E-state index contributed by atoms with van der Waals surface area (Å²) >= 11 is 0. The number of hydrogen-bond donors (Lipinski definition) is 1. The predicted octanol–water partition coefficient (Wildman–Crippen LogP) is 6.14. The molecule has 0 bridgehead atoms. The van der Waals surface area contributed by atoms with Gasteiger partial charge in [0.25, 0.3) is 0 Å². The molecule has 2 fully saturated rings. The van der Waals surface area contributed by atoms with Gasteiger partial charge < -0.3 is 14.9 Å². The van der Waals surface area contributed by atoms with Crippen molar-refractivity contribution in [3.63, 3.8) is 0 Å². The van der Waals surface area contributed by atoms with Crippen LogP contribution in [0.1, 0.15) is 47.4 Å². The number of piperidine rings is 1. The Balaban J connectivity index is 1.66. The van der Waals surface area contributed by atoms with Gasteiger partial charge in [0, 0.05) is 37.5 Å². The lowest BCUT2D eigenvalue weighted by atomic mass is 9.79. The van der Waals surface area contributed by atoms with Crippen molar-refractivity contribution in [2.24, 2.45) is 5.92 Å². The first-order chi connectivity index (χ1) is 17.2. The van der Waals surface area contributed by atoms with Gasteiger partial charge in [-0.15, -0.1) is 0 Å². The minimum Gasteiger partial charge on any atom is -0.465 e. The maximum absolute atomic E-state index is 13.7. The molecule has 200 valence electrons. The monoisotopic (exact) mass is 532 g/mol. The van der Waals surface area contributed by atoms with Crippen LogP contribution in [0.25, 0.3) is 0 Å². The van der Waals surface area contributed by atoms with E-state index in [0.29, 0.717) is 30.5 Å². The second-order valence-electron chi connectivity index (χ2n) is 9.39. The Kier molecular flexibility index (Phi) is 7.13. The number of rotatable bonds is 5. The van der Waals surface area contributed by atoms with Crippen LogP contribution in [-0.2, 0) is 23.7 Å². The number of alkyl halides is 6. The molecule has 2 aromatic carbocycles. The first-order valence-corrected chi connectivity index (χ1v) is 11.6. The van der Waals surface area contributed by atoms with Gasteiger partial charge in [0.2, 0.25) is 5.91 Å². The maximum atomic E-state index is 13.7. The van der Waals surface area contributed by atoms with Crippen LogP contribution in [0.3, 0.4) is 0 Å². The molecule has 1 heterocycles. The lowest BCUT2D eigenvalue weighted by molar-refractivity contribution is -0.143. The highest BCUT2D eigenvalue weighted by Crippen LogP contribution is 2.40. The second kappa shape index (κ2) is 9.86. The largest absolute Gasteiger partial charge is 0.465 e. The molecule has 4 rings (SSSR count). The minimum absolute atomic E-state index is 0.0315. The summed E-state index contributed by atoms with van der Waals surface area (Å²) in [4.78, 5) is 27.7. The van der Waals surface area contributed by atoms with E-state index in [0.717, 1.165) is 4.90 Å². The van der Waals surface area contributed by atoms with Crippen LogP contribution in [-0.4, -0.2) is 46.0 Å². The van der Waals surface area contributed by atoms with Gasteiger partial charge in [-0.2, -0.15) is 26.3 Å². The van der Waals surface area contributed by atoms with Crippen molar-refractivity contribution in [3.8, 4) is 0 Å². The molecule has 0 aromatic heterocycles. The smallest absolute Gasteiger partial charge is 0.416 e. The molecule has 2 atom stereocenters. The number of likely N-dealkylation sites (tertiary alicyclic amines) is 1. The van der Waals surface area contributed by atoms with Crippen LogP contribution < -0.4 is 0 Å². The van der Waals surface area contributed by atoms with Crippen molar-refractivity contribution in [2.45, 2.75) is 50.1 Å². The summed E-state index contributed by atoms with van der Waals surface area (Å²) in [6.07, 6.45) is -10.0. The molecule has 37 heavy (non-hydrogen) atoms. The zero-order chi connectivity index (χ0) is 27.1. The second-order valence-corrected chi connectivity index (χ2v) is 9.39. The number of amides is 2. The van der Waals surface area contributed by atoms with Crippen LogP contribution in [0.2, 0.25) is 0 Å². The number of carbonyl (C=O) groups excluding carboxylic acids is 1. The maximum Gasteiger partial charge on any atom is 0.416 e. The fourth-order valence-electron chi connectivity index (χ4n) is 4.76. The molecular weight excluding hydrogens is 509 g/mol. The van der Waals surface area contributed by atoms with Crippen molar-refractivity contribution in [2.75, 3.05) is 13.1 Å². The molecule has 2 unspecified atom stereocenters. The summed E-state index contributed by atoms with van der Waals surface area (Å²) in [7, 11) is 0. The summed E-state index contributed by atoms with van der Waals surface area (Å²) in [6.45, 7) is -0.479. The van der Waals surface area contributed by atoms with E-state index in [1.807, 2.05) is 0 Å². The molecule has 0 spiro atoms. The molecule has 12 heteroatoms. The van der Waals surface area contributed by atoms with Crippen molar-refractivity contribution in [1.82, 2.24) is 9.80 Å². The average Bonchev–Trinajstić information content (AvgIpc) is 3.66. The Hall–Kier alpha value is -3.31. The van der Waals surface area contributed by atoms with Crippen molar-refractivity contribution in [1.29, 1.82) is 0 Å². The van der Waals surface area contributed by atoms with Gasteiger partial charge >= 0.3 is 18.4 Å². The van der Waals surface area contributed by atoms with Crippen molar-refractivity contribution < 1.29 is 45.4 Å². The molecule has 2 amide bonds. The molecule has 1 saturated heterocycles. The highest BCUT2D eigenvalue weighted by Gasteiger charge is 2.43. The Bertz CT molecular complexity index is 1130. The third-order valence-corrected chi connectivity index (χ3v) is 6.77. The lowest BCUT2D eigenvalue weighted by Gasteiger charge is -2.39. The lowest BCUT2D eigenvalue weighted by Crippen LogP contribution is -2.48. The molecule has 2 aliphatic rings. The van der Waals surface area contributed by atoms with Crippen LogP contribution in [0.15, 0.2) is 42.5 Å². The van der Waals surface area contributed by atoms with Gasteiger partial charge in [-0.05, 0) is 60.7 Å². The molecule has 1 saturated carbocycles. The van der Waals surface area contributed by atoms with Crippen LogP contribution in [0, 0.1) is 11.7 Å². The first-order valence-electron chi connectivity index (χ1n) is 11.6. The van der Waals surface area contributed by atoms with Crippen LogP contribution in [0.5, 0.6) is 0 Å². The van der Waals surface area contributed by atoms with Gasteiger partial charge in [-0.25, -0.2) is 9.18 Å². The zero-order valence-electron chi connectivity index (χ0n) is 19.3. The van der Waals surface area contributed by atoms with Gasteiger partial charge in [-0.3, -0.25) is 4.79 Å². The fraction of sp³-hybridized carbons (Fsp3) is 0.440. The number of nitrogens with zero attached hydrogens (tertiary/aromatic N) is 2.